The van der Waals surface area contributed by atoms with Crippen LogP contribution in [-0.2, 0) is 42.9 Å². The van der Waals surface area contributed by atoms with Crippen LogP contribution in [0.25, 0.3) is 0 Å². The second kappa shape index (κ2) is 48.2. The SMILES string of the molecule is CCCCCCCC/C=C\CCCCCCCC(=O)OCC(COC1OC(C(=O)O)C(O)C(O)C1OC(=O)CCCCCCC/C=C\CCCCCCCC)OC(=O)CCCCCCCCCCCCC. The summed E-state index contributed by atoms with van der Waals surface area (Å²) in [6, 6.07) is 0. The molecule has 12 heteroatoms. The van der Waals surface area contributed by atoms with Gasteiger partial charge in [-0.1, -0.05) is 212 Å². The van der Waals surface area contributed by atoms with E-state index in [9.17, 15) is 34.5 Å². The van der Waals surface area contributed by atoms with E-state index in [1.54, 1.807) is 0 Å². The Bertz CT molecular complexity index is 1340. The van der Waals surface area contributed by atoms with Gasteiger partial charge in [0.25, 0.3) is 0 Å². The zero-order valence-electron chi connectivity index (χ0n) is 45.5. The topological polar surface area (TPSA) is 175 Å². The van der Waals surface area contributed by atoms with Gasteiger partial charge in [-0.2, -0.15) is 0 Å². The predicted octanol–water partition coefficient (Wildman–Crippen LogP) is 14.7. The molecule has 12 nitrogen and oxygen atoms in total. The fourth-order valence-electron chi connectivity index (χ4n) is 8.95. The van der Waals surface area contributed by atoms with Crippen molar-refractivity contribution in [3.8, 4) is 0 Å². The third-order valence-electron chi connectivity index (χ3n) is 13.5. The van der Waals surface area contributed by atoms with E-state index in [1.807, 2.05) is 0 Å². The van der Waals surface area contributed by atoms with Crippen LogP contribution in [0.1, 0.15) is 278 Å². The number of esters is 3. The van der Waals surface area contributed by atoms with Gasteiger partial charge in [-0.25, -0.2) is 4.79 Å². The molecular weight excluding hydrogens is 901 g/mol. The monoisotopic (exact) mass is 1010 g/mol. The van der Waals surface area contributed by atoms with Crippen LogP contribution >= 0.6 is 0 Å². The van der Waals surface area contributed by atoms with Gasteiger partial charge in [-0.15, -0.1) is 0 Å². The van der Waals surface area contributed by atoms with Gasteiger partial charge in [0.2, 0.25) is 0 Å². The van der Waals surface area contributed by atoms with Crippen LogP contribution in [0.15, 0.2) is 24.3 Å². The lowest BCUT2D eigenvalue weighted by molar-refractivity contribution is -0.301. The number of allylic oxidation sites excluding steroid dienone is 4. The van der Waals surface area contributed by atoms with Gasteiger partial charge in [0.15, 0.2) is 24.6 Å². The van der Waals surface area contributed by atoms with Crippen molar-refractivity contribution in [3.63, 3.8) is 0 Å². The summed E-state index contributed by atoms with van der Waals surface area (Å²) in [5, 5.41) is 31.4. The molecule has 0 aliphatic carbocycles. The minimum absolute atomic E-state index is 0.0541. The van der Waals surface area contributed by atoms with Crippen molar-refractivity contribution >= 4 is 23.9 Å². The number of aliphatic carboxylic acids is 1. The fraction of sp³-hybridized carbons (Fsp3) is 0.864. The third kappa shape index (κ3) is 38.4. The minimum Gasteiger partial charge on any atom is -0.479 e. The van der Waals surface area contributed by atoms with Crippen molar-refractivity contribution < 1.29 is 58.2 Å². The first-order valence-electron chi connectivity index (χ1n) is 29.3. The van der Waals surface area contributed by atoms with Crippen LogP contribution in [0.3, 0.4) is 0 Å². The second-order valence-electron chi connectivity index (χ2n) is 20.3. The smallest absolute Gasteiger partial charge is 0.335 e. The van der Waals surface area contributed by atoms with Crippen molar-refractivity contribution in [3.05, 3.63) is 24.3 Å². The maximum absolute atomic E-state index is 13.1. The molecule has 0 bridgehead atoms. The molecule has 0 aromatic heterocycles. The van der Waals surface area contributed by atoms with E-state index in [0.29, 0.717) is 19.3 Å². The summed E-state index contributed by atoms with van der Waals surface area (Å²) in [6.07, 6.45) is 41.5. The van der Waals surface area contributed by atoms with Crippen molar-refractivity contribution in [1.29, 1.82) is 0 Å². The number of aliphatic hydroxyl groups is 2. The third-order valence-corrected chi connectivity index (χ3v) is 13.5. The second-order valence-corrected chi connectivity index (χ2v) is 20.3. The van der Waals surface area contributed by atoms with E-state index in [2.05, 4.69) is 45.1 Å². The Balaban J connectivity index is 2.68. The summed E-state index contributed by atoms with van der Waals surface area (Å²) >= 11 is 0. The summed E-state index contributed by atoms with van der Waals surface area (Å²) in [6.45, 7) is 5.98. The first kappa shape index (κ1) is 66.2. The molecule has 1 aliphatic heterocycles. The molecule has 0 amide bonds. The molecule has 414 valence electrons. The van der Waals surface area contributed by atoms with Crippen molar-refractivity contribution in [2.75, 3.05) is 13.2 Å². The number of carbonyl (C=O) groups is 4. The average molecular weight is 1010 g/mol. The van der Waals surface area contributed by atoms with Gasteiger partial charge >= 0.3 is 23.9 Å². The summed E-state index contributed by atoms with van der Waals surface area (Å²) in [5.41, 5.74) is 0. The van der Waals surface area contributed by atoms with Crippen LogP contribution in [0.5, 0.6) is 0 Å². The minimum atomic E-state index is -1.90. The molecule has 0 spiro atoms. The Hall–Kier alpha value is -2.80. The van der Waals surface area contributed by atoms with Crippen molar-refractivity contribution in [1.82, 2.24) is 0 Å². The summed E-state index contributed by atoms with van der Waals surface area (Å²) in [5.74, 6) is -3.11. The van der Waals surface area contributed by atoms with E-state index in [0.717, 1.165) is 96.3 Å². The van der Waals surface area contributed by atoms with Crippen molar-refractivity contribution in [2.45, 2.75) is 314 Å². The lowest BCUT2D eigenvalue weighted by Crippen LogP contribution is -2.61. The van der Waals surface area contributed by atoms with Crippen molar-refractivity contribution in [2.24, 2.45) is 0 Å². The van der Waals surface area contributed by atoms with Gasteiger partial charge < -0.3 is 39.0 Å². The van der Waals surface area contributed by atoms with E-state index in [1.165, 1.54) is 122 Å². The highest BCUT2D eigenvalue weighted by Gasteiger charge is 2.50. The average Bonchev–Trinajstić information content (AvgIpc) is 3.35. The maximum Gasteiger partial charge on any atom is 0.335 e. The lowest BCUT2D eigenvalue weighted by Gasteiger charge is -2.40. The first-order chi connectivity index (χ1) is 34.6. The highest BCUT2D eigenvalue weighted by Crippen LogP contribution is 2.26. The first-order valence-corrected chi connectivity index (χ1v) is 29.3. The Morgan fingerprint density at radius 1 is 0.451 bits per heavy atom. The highest BCUT2D eigenvalue weighted by molar-refractivity contribution is 5.74. The maximum atomic E-state index is 13.1. The fourth-order valence-corrected chi connectivity index (χ4v) is 8.95. The Kier molecular flexibility index (Phi) is 44.9. The van der Waals surface area contributed by atoms with Gasteiger partial charge in [-0.3, -0.25) is 14.4 Å². The zero-order chi connectivity index (χ0) is 51.8. The van der Waals surface area contributed by atoms with Crippen LogP contribution in [0, 0.1) is 0 Å². The molecule has 1 saturated heterocycles. The number of hydrogen-bond acceptors (Lipinski definition) is 11. The molecule has 1 heterocycles. The lowest BCUT2D eigenvalue weighted by atomic mass is 9.98. The normalized spacial score (nSPS) is 18.6. The molecule has 0 saturated carbocycles. The van der Waals surface area contributed by atoms with Crippen LogP contribution in [-0.4, -0.2) is 89.2 Å². The molecule has 1 aliphatic rings. The summed E-state index contributed by atoms with van der Waals surface area (Å²) < 4.78 is 28.4. The quantitative estimate of drug-likeness (QED) is 0.0228. The Morgan fingerprint density at radius 2 is 0.803 bits per heavy atom. The van der Waals surface area contributed by atoms with Crippen LogP contribution < -0.4 is 0 Å². The van der Waals surface area contributed by atoms with Gasteiger partial charge in [0, 0.05) is 19.3 Å². The number of aliphatic hydroxyl groups excluding tert-OH is 2. The number of hydrogen-bond donors (Lipinski definition) is 3. The number of carboxylic acids is 1. The zero-order valence-corrected chi connectivity index (χ0v) is 45.5. The predicted molar refractivity (Wildman–Crippen MR) is 285 cm³/mol. The molecule has 0 aromatic carbocycles. The largest absolute Gasteiger partial charge is 0.479 e. The molecule has 1 rings (SSSR count). The van der Waals surface area contributed by atoms with E-state index in [4.69, 9.17) is 23.7 Å². The Labute approximate surface area is 432 Å². The van der Waals surface area contributed by atoms with Gasteiger partial charge in [0.05, 0.1) is 6.61 Å². The number of carbonyl (C=O) groups excluding carboxylic acids is 3. The number of unbranched alkanes of at least 4 members (excludes halogenated alkanes) is 32. The van der Waals surface area contributed by atoms with Gasteiger partial charge in [-0.05, 0) is 70.6 Å². The summed E-state index contributed by atoms with van der Waals surface area (Å²) in [7, 11) is 0. The molecule has 3 N–H and O–H groups in total. The number of rotatable bonds is 50. The van der Waals surface area contributed by atoms with E-state index in [-0.39, 0.29) is 25.9 Å². The number of carboxylic acid groups (broad SMARTS) is 1. The molecule has 6 unspecified atom stereocenters. The highest BCUT2D eigenvalue weighted by atomic mass is 16.7. The molecule has 6 atom stereocenters. The van der Waals surface area contributed by atoms with Crippen LogP contribution in [0.2, 0.25) is 0 Å². The molecular formula is C59H106O12. The molecule has 1 fully saturated rings. The molecule has 0 radical (unpaired) electrons. The standard InChI is InChI=1S/C59H106O12/c1-4-7-10-13-16-19-22-24-26-28-31-33-36-39-42-45-51(60)67-48-50(69-52(61)46-43-40-37-34-30-21-18-15-12-9-6-3)49-68-59-57(55(64)54(63)56(71-59)58(65)66)70-53(62)47-44-41-38-35-32-29-27-25-23-20-17-14-11-8-5-2/h24-27,50,54-57,59,63-64H,4-23,28-49H2,1-3H3,(H,65,66)/b26-24-,27-25-. The molecule has 0 aromatic rings. The molecule has 71 heavy (non-hydrogen) atoms. The van der Waals surface area contributed by atoms with Gasteiger partial charge in [0.1, 0.15) is 18.8 Å². The van der Waals surface area contributed by atoms with E-state index >= 15 is 0 Å². The Morgan fingerprint density at radius 3 is 1.20 bits per heavy atom. The number of ether oxygens (including phenoxy) is 5. The van der Waals surface area contributed by atoms with Crippen LogP contribution in [0.4, 0.5) is 0 Å². The van der Waals surface area contributed by atoms with E-state index < -0.39 is 67.3 Å². The summed E-state index contributed by atoms with van der Waals surface area (Å²) in [4.78, 5) is 51.0.